The van der Waals surface area contributed by atoms with Crippen LogP contribution in [0.2, 0.25) is 0 Å². The molecule has 4 rings (SSSR count). The monoisotopic (exact) mass is 347 g/mol. The van der Waals surface area contributed by atoms with E-state index < -0.39 is 5.60 Å². The Morgan fingerprint density at radius 3 is 2.76 bits per heavy atom. The summed E-state index contributed by atoms with van der Waals surface area (Å²) < 4.78 is 0. The van der Waals surface area contributed by atoms with Crippen LogP contribution in [0, 0.1) is 0 Å². The van der Waals surface area contributed by atoms with Gasteiger partial charge in [0.25, 0.3) is 5.56 Å². The van der Waals surface area contributed by atoms with Crippen LogP contribution in [0.1, 0.15) is 32.1 Å². The molecule has 2 atom stereocenters. The van der Waals surface area contributed by atoms with E-state index in [1.54, 1.807) is 12.3 Å². The topological polar surface area (TPSA) is 75.7 Å². The highest BCUT2D eigenvalue weighted by molar-refractivity contribution is 5.43. The van der Waals surface area contributed by atoms with Crippen LogP contribution < -0.4 is 10.5 Å². The molecular weight excluding hydrogens is 318 g/mol. The van der Waals surface area contributed by atoms with Crippen molar-refractivity contribution in [2.75, 3.05) is 50.7 Å². The van der Waals surface area contributed by atoms with Crippen molar-refractivity contribution in [2.24, 2.45) is 0 Å². The largest absolute Gasteiger partial charge is 0.387 e. The summed E-state index contributed by atoms with van der Waals surface area (Å²) in [7, 11) is 0. The van der Waals surface area contributed by atoms with Gasteiger partial charge in [0.1, 0.15) is 0 Å². The van der Waals surface area contributed by atoms with Crippen LogP contribution in [0.5, 0.6) is 0 Å². The number of piperazine rings is 1. The van der Waals surface area contributed by atoms with Gasteiger partial charge in [-0.3, -0.25) is 14.6 Å². The number of hydrogen-bond donors (Lipinski definition) is 2. The van der Waals surface area contributed by atoms with Crippen molar-refractivity contribution in [1.82, 2.24) is 20.0 Å². The first-order valence-corrected chi connectivity index (χ1v) is 9.62. The quantitative estimate of drug-likeness (QED) is 0.818. The Hall–Kier alpha value is -1.44. The second kappa shape index (κ2) is 7.05. The second-order valence-corrected chi connectivity index (χ2v) is 7.82. The van der Waals surface area contributed by atoms with Gasteiger partial charge in [0.2, 0.25) is 0 Å². The lowest BCUT2D eigenvalue weighted by Gasteiger charge is -2.51. The van der Waals surface area contributed by atoms with Gasteiger partial charge in [-0.25, -0.2) is 5.10 Å². The fraction of sp³-hybridized carbons (Fsp3) is 0.778. The van der Waals surface area contributed by atoms with Gasteiger partial charge in [0.05, 0.1) is 17.5 Å². The van der Waals surface area contributed by atoms with E-state index in [1.165, 1.54) is 12.8 Å². The third-order valence-electron chi connectivity index (χ3n) is 6.17. The van der Waals surface area contributed by atoms with Gasteiger partial charge in [0.15, 0.2) is 0 Å². The van der Waals surface area contributed by atoms with Crippen molar-refractivity contribution in [3.8, 4) is 0 Å². The Bertz CT molecular complexity index is 640. The van der Waals surface area contributed by atoms with E-state index in [-0.39, 0.29) is 5.56 Å². The van der Waals surface area contributed by atoms with E-state index in [2.05, 4.69) is 24.9 Å². The molecule has 0 radical (unpaired) electrons. The van der Waals surface area contributed by atoms with Gasteiger partial charge in [-0.1, -0.05) is 6.42 Å². The lowest BCUT2D eigenvalue weighted by atomic mass is 9.79. The zero-order valence-corrected chi connectivity index (χ0v) is 14.9. The zero-order valence-electron chi connectivity index (χ0n) is 14.9. The Morgan fingerprint density at radius 1 is 1.16 bits per heavy atom. The van der Waals surface area contributed by atoms with Gasteiger partial charge in [-0.05, 0) is 38.8 Å². The molecule has 0 aliphatic carbocycles. The molecule has 3 aliphatic rings. The number of aliphatic hydroxyl groups is 1. The fourth-order valence-electron chi connectivity index (χ4n) is 4.90. The Balaban J connectivity index is 1.37. The number of anilines is 1. The third-order valence-corrected chi connectivity index (χ3v) is 6.17. The number of aromatic nitrogens is 2. The predicted octanol–water partition coefficient (Wildman–Crippen LogP) is 0.271. The second-order valence-electron chi connectivity index (χ2n) is 7.82. The van der Waals surface area contributed by atoms with Gasteiger partial charge < -0.3 is 10.0 Å². The number of rotatable bonds is 3. The molecule has 138 valence electrons. The molecule has 1 aromatic rings. The van der Waals surface area contributed by atoms with Crippen LogP contribution in [-0.4, -0.2) is 82.6 Å². The Labute approximate surface area is 148 Å². The Kier molecular flexibility index (Phi) is 4.80. The number of piperidine rings is 2. The maximum Gasteiger partial charge on any atom is 0.266 e. The number of H-pyrrole nitrogens is 1. The number of β-amino-alcohol motifs (C(OH)–C–C–N with tert-alkyl or cyclic N) is 1. The van der Waals surface area contributed by atoms with Crippen LogP contribution in [0.15, 0.2) is 17.1 Å². The summed E-state index contributed by atoms with van der Waals surface area (Å²) in [4.78, 5) is 18.6. The van der Waals surface area contributed by atoms with Crippen molar-refractivity contribution >= 4 is 5.69 Å². The average Bonchev–Trinajstić information content (AvgIpc) is 2.63. The minimum Gasteiger partial charge on any atom is -0.387 e. The minimum absolute atomic E-state index is 0.158. The number of aromatic amines is 1. The maximum absolute atomic E-state index is 11.4. The van der Waals surface area contributed by atoms with Crippen LogP contribution in [0.4, 0.5) is 5.69 Å². The van der Waals surface area contributed by atoms with Crippen molar-refractivity contribution in [1.29, 1.82) is 0 Å². The molecule has 0 unspecified atom stereocenters. The third kappa shape index (κ3) is 3.59. The number of nitrogens with zero attached hydrogens (tertiary/aromatic N) is 4. The molecular formula is C18H29N5O2. The lowest BCUT2D eigenvalue weighted by molar-refractivity contribution is -0.109. The average molecular weight is 347 g/mol. The SMILES string of the molecule is O=c1cc(N2CCN(C[C@]3(O)CCCN4CCCC[C@@H]43)CC2)cn[nH]1. The minimum atomic E-state index is -0.563. The molecule has 0 bridgehead atoms. The summed E-state index contributed by atoms with van der Waals surface area (Å²) in [5, 5.41) is 17.7. The van der Waals surface area contributed by atoms with E-state index in [0.29, 0.717) is 6.04 Å². The molecule has 7 heteroatoms. The van der Waals surface area contributed by atoms with Crippen molar-refractivity contribution in [2.45, 2.75) is 43.7 Å². The molecule has 2 N–H and O–H groups in total. The smallest absolute Gasteiger partial charge is 0.266 e. The van der Waals surface area contributed by atoms with Gasteiger partial charge in [0, 0.05) is 44.8 Å². The summed E-state index contributed by atoms with van der Waals surface area (Å²) in [6, 6.07) is 1.95. The highest BCUT2D eigenvalue weighted by Crippen LogP contribution is 2.35. The van der Waals surface area contributed by atoms with Crippen LogP contribution in [0.3, 0.4) is 0 Å². The van der Waals surface area contributed by atoms with Gasteiger partial charge >= 0.3 is 0 Å². The van der Waals surface area contributed by atoms with Crippen molar-refractivity contribution in [3.05, 3.63) is 22.6 Å². The molecule has 0 amide bonds. The van der Waals surface area contributed by atoms with Crippen molar-refractivity contribution in [3.63, 3.8) is 0 Å². The summed E-state index contributed by atoms with van der Waals surface area (Å²) in [5.41, 5.74) is 0.166. The molecule has 7 nitrogen and oxygen atoms in total. The number of nitrogens with one attached hydrogen (secondary N) is 1. The number of hydrogen-bond acceptors (Lipinski definition) is 6. The maximum atomic E-state index is 11.4. The molecule has 25 heavy (non-hydrogen) atoms. The van der Waals surface area contributed by atoms with E-state index in [0.717, 1.165) is 70.8 Å². The van der Waals surface area contributed by atoms with Crippen LogP contribution in [0.25, 0.3) is 0 Å². The summed E-state index contributed by atoms with van der Waals surface area (Å²) in [6.07, 6.45) is 7.39. The van der Waals surface area contributed by atoms with Crippen LogP contribution >= 0.6 is 0 Å². The summed E-state index contributed by atoms with van der Waals surface area (Å²) in [5.74, 6) is 0. The first-order valence-electron chi connectivity index (χ1n) is 9.62. The lowest BCUT2D eigenvalue weighted by Crippen LogP contribution is -2.63. The first kappa shape index (κ1) is 17.0. The molecule has 4 heterocycles. The normalized spacial score (nSPS) is 31.7. The highest BCUT2D eigenvalue weighted by atomic mass is 16.3. The molecule has 0 aromatic carbocycles. The molecule has 3 saturated heterocycles. The molecule has 1 aromatic heterocycles. The van der Waals surface area contributed by atoms with Gasteiger partial charge in [-0.15, -0.1) is 0 Å². The first-order chi connectivity index (χ1) is 12.1. The molecule has 0 saturated carbocycles. The fourth-order valence-corrected chi connectivity index (χ4v) is 4.90. The summed E-state index contributed by atoms with van der Waals surface area (Å²) >= 11 is 0. The molecule has 3 aliphatic heterocycles. The summed E-state index contributed by atoms with van der Waals surface area (Å²) in [6.45, 7) is 6.65. The highest BCUT2D eigenvalue weighted by Gasteiger charge is 2.45. The molecule has 3 fully saturated rings. The van der Waals surface area contributed by atoms with Crippen molar-refractivity contribution < 1.29 is 5.11 Å². The van der Waals surface area contributed by atoms with E-state index in [1.807, 2.05) is 0 Å². The van der Waals surface area contributed by atoms with Crippen LogP contribution in [-0.2, 0) is 0 Å². The Morgan fingerprint density at radius 2 is 1.96 bits per heavy atom. The molecule has 0 spiro atoms. The standard InChI is InChI=1S/C18H29N5O2/c24-17-12-15(13-19-20-17)22-10-8-21(9-11-22)14-18(25)5-3-7-23-6-2-1-4-16(18)23/h12-13,16,25H,1-11,14H2,(H,20,24)/t16-,18-/m1/s1. The van der Waals surface area contributed by atoms with E-state index in [4.69, 9.17) is 0 Å². The van der Waals surface area contributed by atoms with E-state index in [9.17, 15) is 9.90 Å². The predicted molar refractivity (Wildman–Crippen MR) is 96.9 cm³/mol. The van der Waals surface area contributed by atoms with E-state index >= 15 is 0 Å². The van der Waals surface area contributed by atoms with Gasteiger partial charge in [-0.2, -0.15) is 5.10 Å². The number of fused-ring (bicyclic) bond motifs is 1. The zero-order chi connectivity index (χ0) is 17.3.